The topological polar surface area (TPSA) is 64.6 Å². The molecule has 1 aliphatic heterocycles. The van der Waals surface area contributed by atoms with E-state index in [2.05, 4.69) is 39.8 Å². The molecular formula is C21H27N3O2. The Balaban J connectivity index is 1.44. The lowest BCUT2D eigenvalue weighted by atomic mass is 10.00. The summed E-state index contributed by atoms with van der Waals surface area (Å²) < 4.78 is 0. The molecule has 0 spiro atoms. The second-order valence-electron chi connectivity index (χ2n) is 7.06. The van der Waals surface area contributed by atoms with Crippen molar-refractivity contribution in [2.24, 2.45) is 0 Å². The highest BCUT2D eigenvalue weighted by molar-refractivity contribution is 5.90. The van der Waals surface area contributed by atoms with Gasteiger partial charge in [-0.2, -0.15) is 0 Å². The van der Waals surface area contributed by atoms with Crippen LogP contribution < -0.4 is 10.6 Å². The van der Waals surface area contributed by atoms with Gasteiger partial charge in [-0.05, 0) is 43.0 Å². The minimum absolute atomic E-state index is 0.231. The molecule has 0 bridgehead atoms. The molecule has 3 N–H and O–H groups in total. The van der Waals surface area contributed by atoms with Gasteiger partial charge in [-0.1, -0.05) is 42.0 Å². The van der Waals surface area contributed by atoms with Gasteiger partial charge >= 0.3 is 6.03 Å². The first-order valence-electron chi connectivity index (χ1n) is 9.10. The lowest BCUT2D eigenvalue weighted by Gasteiger charge is -2.30. The molecule has 0 saturated carbocycles. The second-order valence-corrected chi connectivity index (χ2v) is 7.06. The lowest BCUT2D eigenvalue weighted by Crippen LogP contribution is -2.43. The average molecular weight is 353 g/mol. The Morgan fingerprint density at radius 3 is 2.73 bits per heavy atom. The van der Waals surface area contributed by atoms with E-state index in [0.717, 1.165) is 36.3 Å². The van der Waals surface area contributed by atoms with Crippen molar-refractivity contribution in [3.05, 3.63) is 64.7 Å². The van der Waals surface area contributed by atoms with Crippen molar-refractivity contribution in [2.75, 3.05) is 25.0 Å². The number of aliphatic hydroxyl groups is 1. The predicted molar refractivity (Wildman–Crippen MR) is 104 cm³/mol. The van der Waals surface area contributed by atoms with Crippen molar-refractivity contribution in [1.29, 1.82) is 0 Å². The van der Waals surface area contributed by atoms with Crippen LogP contribution in [0.4, 0.5) is 10.5 Å². The molecule has 2 aromatic carbocycles. The van der Waals surface area contributed by atoms with E-state index in [1.54, 1.807) is 0 Å². The van der Waals surface area contributed by atoms with E-state index in [0.29, 0.717) is 6.54 Å². The molecule has 2 amide bonds. The Kier molecular flexibility index (Phi) is 5.91. The number of nitrogens with zero attached hydrogens (tertiary/aromatic N) is 1. The van der Waals surface area contributed by atoms with Crippen molar-refractivity contribution in [3.8, 4) is 0 Å². The Labute approximate surface area is 155 Å². The molecule has 0 unspecified atom stereocenters. The fourth-order valence-electron chi connectivity index (χ4n) is 3.40. The van der Waals surface area contributed by atoms with Gasteiger partial charge in [-0.3, -0.25) is 4.90 Å². The number of aryl methyl sites for hydroxylation is 2. The van der Waals surface area contributed by atoms with Gasteiger partial charge in [0.2, 0.25) is 0 Å². The third-order valence-corrected chi connectivity index (χ3v) is 4.81. The number of urea groups is 1. The van der Waals surface area contributed by atoms with Gasteiger partial charge < -0.3 is 15.7 Å². The van der Waals surface area contributed by atoms with Gasteiger partial charge in [0.15, 0.2) is 0 Å². The maximum absolute atomic E-state index is 12.1. The standard InChI is InChI=1S/C21H27N3O2/c1-15-7-8-20(16(2)11-15)23-21(26)22-12-19(25)14-24-10-9-17-5-3-4-6-18(17)13-24/h3-8,11,19,25H,9-10,12-14H2,1-2H3,(H2,22,23,26)/t19-/m0/s1. The fraction of sp³-hybridized carbons (Fsp3) is 0.381. The summed E-state index contributed by atoms with van der Waals surface area (Å²) in [5.74, 6) is 0. The van der Waals surface area contributed by atoms with Crippen LogP contribution in [-0.2, 0) is 13.0 Å². The third kappa shape index (κ3) is 4.84. The van der Waals surface area contributed by atoms with Crippen LogP contribution in [0.3, 0.4) is 0 Å². The number of benzene rings is 2. The van der Waals surface area contributed by atoms with E-state index < -0.39 is 6.10 Å². The minimum atomic E-state index is -0.592. The molecule has 5 nitrogen and oxygen atoms in total. The van der Waals surface area contributed by atoms with Gasteiger partial charge in [0, 0.05) is 31.9 Å². The molecule has 1 atom stereocenters. The number of rotatable bonds is 5. The van der Waals surface area contributed by atoms with Gasteiger partial charge in [-0.25, -0.2) is 4.79 Å². The quantitative estimate of drug-likeness (QED) is 0.774. The zero-order valence-electron chi connectivity index (χ0n) is 15.5. The number of hydrogen-bond acceptors (Lipinski definition) is 3. The Morgan fingerprint density at radius 2 is 1.96 bits per heavy atom. The first-order valence-corrected chi connectivity index (χ1v) is 9.10. The first kappa shape index (κ1) is 18.4. The largest absolute Gasteiger partial charge is 0.390 e. The fourth-order valence-corrected chi connectivity index (χ4v) is 3.40. The van der Waals surface area contributed by atoms with E-state index in [1.165, 1.54) is 11.1 Å². The molecule has 2 aromatic rings. The van der Waals surface area contributed by atoms with E-state index in [9.17, 15) is 9.90 Å². The van der Waals surface area contributed by atoms with Crippen molar-refractivity contribution in [1.82, 2.24) is 10.2 Å². The van der Waals surface area contributed by atoms with Crippen molar-refractivity contribution < 1.29 is 9.90 Å². The zero-order valence-corrected chi connectivity index (χ0v) is 15.5. The second kappa shape index (κ2) is 8.34. The number of aliphatic hydroxyl groups excluding tert-OH is 1. The van der Waals surface area contributed by atoms with Crippen LogP contribution in [0.25, 0.3) is 0 Å². The predicted octanol–water partition coefficient (Wildman–Crippen LogP) is 2.84. The normalized spacial score (nSPS) is 15.2. The number of carbonyl (C=O) groups is 1. The Morgan fingerprint density at radius 1 is 1.19 bits per heavy atom. The van der Waals surface area contributed by atoms with E-state index in [4.69, 9.17) is 0 Å². The highest BCUT2D eigenvalue weighted by Gasteiger charge is 2.18. The minimum Gasteiger partial charge on any atom is -0.390 e. The third-order valence-electron chi connectivity index (χ3n) is 4.81. The summed E-state index contributed by atoms with van der Waals surface area (Å²) in [6.45, 7) is 6.55. The summed E-state index contributed by atoms with van der Waals surface area (Å²) in [7, 11) is 0. The van der Waals surface area contributed by atoms with Crippen LogP contribution in [0.2, 0.25) is 0 Å². The number of β-amino-alcohol motifs (C(OH)–C–C–N with tert-alkyl or cyclic N) is 1. The Bertz CT molecular complexity index is 776. The van der Waals surface area contributed by atoms with Crippen LogP contribution in [0, 0.1) is 13.8 Å². The first-order chi connectivity index (χ1) is 12.5. The maximum Gasteiger partial charge on any atom is 0.319 e. The molecule has 0 aliphatic carbocycles. The summed E-state index contributed by atoms with van der Waals surface area (Å²) >= 11 is 0. The van der Waals surface area contributed by atoms with Gasteiger partial charge in [0.05, 0.1) is 6.10 Å². The summed E-state index contributed by atoms with van der Waals surface area (Å²) in [5, 5.41) is 15.9. The zero-order chi connectivity index (χ0) is 18.5. The highest BCUT2D eigenvalue weighted by atomic mass is 16.3. The molecule has 26 heavy (non-hydrogen) atoms. The van der Waals surface area contributed by atoms with Gasteiger partial charge in [0.1, 0.15) is 0 Å². The monoisotopic (exact) mass is 353 g/mol. The molecule has 1 heterocycles. The van der Waals surface area contributed by atoms with Crippen molar-refractivity contribution in [2.45, 2.75) is 32.9 Å². The number of hydrogen-bond donors (Lipinski definition) is 3. The number of anilines is 1. The number of nitrogens with one attached hydrogen (secondary N) is 2. The van der Waals surface area contributed by atoms with Crippen LogP contribution in [0.1, 0.15) is 22.3 Å². The Hall–Kier alpha value is -2.37. The molecule has 138 valence electrons. The van der Waals surface area contributed by atoms with E-state index >= 15 is 0 Å². The molecule has 0 saturated heterocycles. The molecule has 5 heteroatoms. The summed E-state index contributed by atoms with van der Waals surface area (Å²) in [6.07, 6.45) is 0.411. The van der Waals surface area contributed by atoms with Gasteiger partial charge in [0.25, 0.3) is 0 Å². The van der Waals surface area contributed by atoms with Crippen LogP contribution in [0.5, 0.6) is 0 Å². The van der Waals surface area contributed by atoms with Crippen LogP contribution >= 0.6 is 0 Å². The van der Waals surface area contributed by atoms with Crippen LogP contribution in [-0.4, -0.2) is 41.8 Å². The lowest BCUT2D eigenvalue weighted by molar-refractivity contribution is 0.106. The maximum atomic E-state index is 12.1. The molecule has 1 aliphatic rings. The van der Waals surface area contributed by atoms with E-state index in [1.807, 2.05) is 32.0 Å². The average Bonchev–Trinajstić information content (AvgIpc) is 2.62. The summed E-state index contributed by atoms with van der Waals surface area (Å²) in [4.78, 5) is 14.3. The molecule has 0 aromatic heterocycles. The number of carbonyl (C=O) groups excluding carboxylic acids is 1. The summed E-state index contributed by atoms with van der Waals surface area (Å²) in [6, 6.07) is 14.0. The van der Waals surface area contributed by atoms with Crippen molar-refractivity contribution in [3.63, 3.8) is 0 Å². The molecular weight excluding hydrogens is 326 g/mol. The highest BCUT2D eigenvalue weighted by Crippen LogP contribution is 2.18. The van der Waals surface area contributed by atoms with E-state index in [-0.39, 0.29) is 12.6 Å². The smallest absolute Gasteiger partial charge is 0.319 e. The molecule has 0 radical (unpaired) electrons. The molecule has 3 rings (SSSR count). The number of fused-ring (bicyclic) bond motifs is 1. The summed E-state index contributed by atoms with van der Waals surface area (Å²) in [5.41, 5.74) is 5.69. The SMILES string of the molecule is Cc1ccc(NC(=O)NC[C@H](O)CN2CCc3ccccc3C2)c(C)c1. The van der Waals surface area contributed by atoms with Crippen molar-refractivity contribution >= 4 is 11.7 Å². The number of amides is 2. The van der Waals surface area contributed by atoms with Gasteiger partial charge in [-0.15, -0.1) is 0 Å². The molecule has 0 fully saturated rings. The van der Waals surface area contributed by atoms with Crippen LogP contribution in [0.15, 0.2) is 42.5 Å².